The van der Waals surface area contributed by atoms with E-state index >= 15 is 0 Å². The lowest BCUT2D eigenvalue weighted by Gasteiger charge is -2.36. The first kappa shape index (κ1) is 30.7. The quantitative estimate of drug-likeness (QED) is 0.320. The highest BCUT2D eigenvalue weighted by Crippen LogP contribution is 2.19. The Kier molecular flexibility index (Phi) is 13.4. The summed E-state index contributed by atoms with van der Waals surface area (Å²) in [6, 6.07) is -1.65. The van der Waals surface area contributed by atoms with Crippen LogP contribution in [0.1, 0.15) is 53.4 Å². The molecule has 0 saturated carbocycles. The number of thioether (sulfide) groups is 1. The van der Waals surface area contributed by atoms with E-state index < -0.39 is 23.6 Å². The van der Waals surface area contributed by atoms with Gasteiger partial charge in [-0.25, -0.2) is 0 Å². The topological polar surface area (TPSA) is 110 Å². The number of piperazine rings is 1. The molecule has 0 spiro atoms. The Balaban J connectivity index is 2.78. The Hall–Kier alpha value is -1.36. The molecule has 34 heavy (non-hydrogen) atoms. The summed E-state index contributed by atoms with van der Waals surface area (Å²) in [6.07, 6.45) is 2.26. The summed E-state index contributed by atoms with van der Waals surface area (Å²) < 4.78 is 0. The van der Waals surface area contributed by atoms with E-state index in [1.807, 2.05) is 6.92 Å². The van der Waals surface area contributed by atoms with Crippen LogP contribution in [-0.4, -0.2) is 125 Å². The van der Waals surface area contributed by atoms with Gasteiger partial charge in [-0.1, -0.05) is 13.8 Å². The van der Waals surface area contributed by atoms with Crippen molar-refractivity contribution in [2.45, 2.75) is 71.1 Å². The maximum atomic E-state index is 13.4. The number of aliphatic hydroxyl groups is 1. The Morgan fingerprint density at radius 3 is 2.00 bits per heavy atom. The number of hydrogen-bond acceptors (Lipinski definition) is 7. The van der Waals surface area contributed by atoms with Crippen molar-refractivity contribution in [2.75, 3.05) is 64.9 Å². The zero-order valence-corrected chi connectivity index (χ0v) is 22.9. The first-order valence-electron chi connectivity index (χ1n) is 12.5. The summed E-state index contributed by atoms with van der Waals surface area (Å²) in [4.78, 5) is 45.9. The first-order valence-corrected chi connectivity index (χ1v) is 13.6. The van der Waals surface area contributed by atoms with Crippen LogP contribution in [0.2, 0.25) is 0 Å². The van der Waals surface area contributed by atoms with Crippen molar-refractivity contribution in [1.29, 1.82) is 0 Å². The van der Waals surface area contributed by atoms with Crippen molar-refractivity contribution in [3.05, 3.63) is 0 Å². The van der Waals surface area contributed by atoms with Gasteiger partial charge in [0.25, 0.3) is 0 Å². The average molecular weight is 502 g/mol. The average Bonchev–Trinajstić information content (AvgIpc) is 2.77. The molecule has 0 aliphatic carbocycles. The molecule has 0 aromatic carbocycles. The van der Waals surface area contributed by atoms with E-state index in [0.717, 1.165) is 45.0 Å². The van der Waals surface area contributed by atoms with Gasteiger partial charge in [-0.2, -0.15) is 11.8 Å². The number of likely N-dealkylation sites (N-methyl/N-ethyl adjacent to an activating group) is 2. The van der Waals surface area contributed by atoms with E-state index in [1.165, 1.54) is 23.3 Å². The number of rotatable bonds is 15. The molecule has 0 radical (unpaired) electrons. The van der Waals surface area contributed by atoms with Crippen molar-refractivity contribution >= 4 is 29.5 Å². The molecule has 10 heteroatoms. The molecule has 2 atom stereocenters. The maximum absolute atomic E-state index is 13.4. The fourth-order valence-corrected chi connectivity index (χ4v) is 5.29. The van der Waals surface area contributed by atoms with Crippen LogP contribution < -0.4 is 5.73 Å². The van der Waals surface area contributed by atoms with Crippen molar-refractivity contribution in [3.8, 4) is 0 Å². The van der Waals surface area contributed by atoms with Gasteiger partial charge in [0.2, 0.25) is 17.7 Å². The summed E-state index contributed by atoms with van der Waals surface area (Å²) in [5, 5.41) is 10.2. The molecule has 1 saturated heterocycles. The molecule has 9 nitrogen and oxygen atoms in total. The number of hydrogen-bond donors (Lipinski definition) is 2. The first-order chi connectivity index (χ1) is 15.9. The molecule has 0 unspecified atom stereocenters. The normalized spacial score (nSPS) is 17.3. The van der Waals surface area contributed by atoms with Crippen LogP contribution in [0, 0.1) is 0 Å². The van der Waals surface area contributed by atoms with Crippen LogP contribution in [0.5, 0.6) is 0 Å². The predicted octanol–water partition coefficient (Wildman–Crippen LogP) is 0.848. The van der Waals surface area contributed by atoms with Crippen LogP contribution in [0.4, 0.5) is 0 Å². The van der Waals surface area contributed by atoms with Gasteiger partial charge in [0.05, 0.1) is 5.60 Å². The second kappa shape index (κ2) is 14.9. The highest BCUT2D eigenvalue weighted by Gasteiger charge is 2.36. The second-order valence-corrected chi connectivity index (χ2v) is 11.1. The van der Waals surface area contributed by atoms with E-state index in [9.17, 15) is 19.5 Å². The summed E-state index contributed by atoms with van der Waals surface area (Å²) >= 11 is 1.65. The van der Waals surface area contributed by atoms with Gasteiger partial charge < -0.3 is 25.5 Å². The van der Waals surface area contributed by atoms with Gasteiger partial charge in [0.1, 0.15) is 12.1 Å². The predicted molar refractivity (Wildman–Crippen MR) is 139 cm³/mol. The number of primary amides is 1. The molecule has 1 aliphatic rings. The van der Waals surface area contributed by atoms with Crippen LogP contribution in [0.3, 0.4) is 0 Å². The summed E-state index contributed by atoms with van der Waals surface area (Å²) in [6.45, 7) is 13.7. The highest BCUT2D eigenvalue weighted by molar-refractivity contribution is 7.99. The minimum absolute atomic E-state index is 0.0288. The Bertz CT molecular complexity index is 650. The number of carbonyl (C=O) groups is 3. The molecule has 0 aromatic heterocycles. The van der Waals surface area contributed by atoms with E-state index in [-0.39, 0.29) is 18.2 Å². The van der Waals surface area contributed by atoms with Crippen LogP contribution in [0.25, 0.3) is 0 Å². The maximum Gasteiger partial charge on any atom is 0.246 e. The Morgan fingerprint density at radius 2 is 1.53 bits per heavy atom. The number of amides is 3. The molecule has 1 heterocycles. The third kappa shape index (κ3) is 10.5. The van der Waals surface area contributed by atoms with Crippen LogP contribution in [0.15, 0.2) is 0 Å². The minimum atomic E-state index is -1.16. The van der Waals surface area contributed by atoms with Gasteiger partial charge in [0.15, 0.2) is 0 Å². The third-order valence-corrected chi connectivity index (χ3v) is 7.30. The van der Waals surface area contributed by atoms with Crippen LogP contribution >= 0.6 is 11.8 Å². The minimum Gasteiger partial charge on any atom is -0.390 e. The zero-order chi connectivity index (χ0) is 25.9. The van der Waals surface area contributed by atoms with Crippen molar-refractivity contribution in [1.82, 2.24) is 19.6 Å². The summed E-state index contributed by atoms with van der Waals surface area (Å²) in [5.41, 5.74) is 4.40. The van der Waals surface area contributed by atoms with E-state index in [4.69, 9.17) is 5.73 Å². The van der Waals surface area contributed by atoms with Gasteiger partial charge in [-0.3, -0.25) is 19.3 Å². The smallest absolute Gasteiger partial charge is 0.246 e. The van der Waals surface area contributed by atoms with Crippen molar-refractivity contribution in [3.63, 3.8) is 0 Å². The number of nitrogens with zero attached hydrogens (tertiary/aromatic N) is 4. The van der Waals surface area contributed by atoms with Crippen molar-refractivity contribution in [2.24, 2.45) is 5.73 Å². The third-order valence-electron chi connectivity index (χ3n) is 6.28. The zero-order valence-electron chi connectivity index (χ0n) is 22.1. The second-order valence-electron chi connectivity index (χ2n) is 9.91. The van der Waals surface area contributed by atoms with E-state index in [2.05, 4.69) is 16.7 Å². The lowest BCUT2D eigenvalue weighted by molar-refractivity contribution is -0.147. The van der Waals surface area contributed by atoms with Crippen molar-refractivity contribution < 1.29 is 19.5 Å². The van der Waals surface area contributed by atoms with Gasteiger partial charge in [0, 0.05) is 71.2 Å². The lowest BCUT2D eigenvalue weighted by atomic mass is 9.97. The molecule has 198 valence electrons. The Labute approximate surface area is 210 Å². The standard InChI is InChI=1S/C24H47N5O4S/c1-7-9-21(30)26(5)20(23(32)27(6)19(22(25)31)17-24(3,4)33)18-34-16-15-29-13-11-28(10-8-2)12-14-29/h19-20,33H,7-18H2,1-6H3,(H2,25,31)/t19-,20+/m0/s1. The van der Waals surface area contributed by atoms with E-state index in [0.29, 0.717) is 18.6 Å². The fourth-order valence-electron chi connectivity index (χ4n) is 4.14. The van der Waals surface area contributed by atoms with Gasteiger partial charge in [-0.05, 0) is 33.2 Å². The van der Waals surface area contributed by atoms with Gasteiger partial charge in [-0.15, -0.1) is 0 Å². The molecular weight excluding hydrogens is 454 g/mol. The molecule has 1 aliphatic heterocycles. The van der Waals surface area contributed by atoms with Crippen LogP contribution in [-0.2, 0) is 14.4 Å². The number of carbonyl (C=O) groups excluding carboxylic acids is 3. The summed E-state index contributed by atoms with van der Waals surface area (Å²) in [7, 11) is 3.17. The number of nitrogens with two attached hydrogens (primary N) is 1. The molecule has 0 bridgehead atoms. The molecule has 3 N–H and O–H groups in total. The SMILES string of the molecule is CCCC(=O)N(C)[C@H](CSCCN1CCN(CCC)CC1)C(=O)N(C)[C@@H](CC(C)(C)O)C(N)=O. The fraction of sp³-hybridized carbons (Fsp3) is 0.875. The molecule has 1 rings (SSSR count). The van der Waals surface area contributed by atoms with Gasteiger partial charge >= 0.3 is 0 Å². The molecule has 3 amide bonds. The molecule has 0 aromatic rings. The lowest BCUT2D eigenvalue weighted by Crippen LogP contribution is -2.56. The summed E-state index contributed by atoms with van der Waals surface area (Å²) in [5.74, 6) is 0.202. The Morgan fingerprint density at radius 1 is 0.971 bits per heavy atom. The largest absolute Gasteiger partial charge is 0.390 e. The van der Waals surface area contributed by atoms with E-state index in [1.54, 1.807) is 32.7 Å². The molecule has 1 fully saturated rings. The highest BCUT2D eigenvalue weighted by atomic mass is 32.2. The molecular formula is C24H47N5O4S. The monoisotopic (exact) mass is 501 g/mol.